The predicted molar refractivity (Wildman–Crippen MR) is 124 cm³/mol. The van der Waals surface area contributed by atoms with Crippen LogP contribution in [0.5, 0.6) is 0 Å². The van der Waals surface area contributed by atoms with Crippen molar-refractivity contribution < 1.29 is 24.4 Å². The van der Waals surface area contributed by atoms with Gasteiger partial charge in [0.25, 0.3) is 0 Å². The maximum atomic E-state index is 10.8. The third-order valence-corrected chi connectivity index (χ3v) is 6.30. The molecule has 4 atom stereocenters. The molecule has 31 heavy (non-hydrogen) atoms. The first-order valence-electron chi connectivity index (χ1n) is 12.7. The molecule has 0 aromatic rings. The molecule has 0 unspecified atom stereocenters. The van der Waals surface area contributed by atoms with E-state index >= 15 is 0 Å². The zero-order valence-electron chi connectivity index (χ0n) is 19.5. The van der Waals surface area contributed by atoms with E-state index in [1.54, 1.807) is 0 Å². The average Bonchev–Trinajstić information content (AvgIpc) is 3.23. The lowest BCUT2D eigenvalue weighted by atomic mass is 10.0. The summed E-state index contributed by atoms with van der Waals surface area (Å²) in [5.41, 5.74) is 0. The van der Waals surface area contributed by atoms with Gasteiger partial charge in [0.1, 0.15) is 12.2 Å². The van der Waals surface area contributed by atoms with Crippen LogP contribution in [0.4, 0.5) is 0 Å². The van der Waals surface area contributed by atoms with Crippen molar-refractivity contribution in [3.05, 3.63) is 24.3 Å². The Balaban J connectivity index is 1.40. The lowest BCUT2D eigenvalue weighted by Crippen LogP contribution is -2.37. The number of unbranched alkanes of at least 4 members (excludes halogenated alkanes) is 8. The number of allylic oxidation sites excluding steroid dienone is 4. The summed E-state index contributed by atoms with van der Waals surface area (Å²) >= 11 is 0. The molecule has 178 valence electrons. The van der Waals surface area contributed by atoms with Gasteiger partial charge in [0.15, 0.2) is 0 Å². The lowest BCUT2D eigenvalue weighted by molar-refractivity contribution is -0.385. The Labute approximate surface area is 189 Å². The van der Waals surface area contributed by atoms with Crippen molar-refractivity contribution in [3.8, 4) is 0 Å². The Morgan fingerprint density at radius 3 is 2.13 bits per heavy atom. The number of rotatable bonds is 16. The molecule has 5 heteroatoms. The molecule has 0 aromatic heterocycles. The summed E-state index contributed by atoms with van der Waals surface area (Å²) in [5, 5.41) is 8.84. The van der Waals surface area contributed by atoms with Crippen LogP contribution in [0.1, 0.15) is 110 Å². The Kier molecular flexibility index (Phi) is 13.9. The van der Waals surface area contributed by atoms with Crippen molar-refractivity contribution in [1.29, 1.82) is 0 Å². The van der Waals surface area contributed by atoms with Crippen molar-refractivity contribution in [3.63, 3.8) is 0 Å². The first kappa shape index (κ1) is 26.1. The molecule has 2 aliphatic rings. The van der Waals surface area contributed by atoms with Gasteiger partial charge in [0.2, 0.25) is 0 Å². The van der Waals surface area contributed by atoms with E-state index in [0.29, 0.717) is 6.10 Å². The molecule has 0 saturated carbocycles. The normalized spacial score (nSPS) is 26.9. The van der Waals surface area contributed by atoms with Crippen LogP contribution in [0.25, 0.3) is 0 Å². The van der Waals surface area contributed by atoms with Crippen LogP contribution < -0.4 is 0 Å². The van der Waals surface area contributed by atoms with E-state index in [0.717, 1.165) is 32.1 Å². The Bertz CT molecular complexity index is 522. The van der Waals surface area contributed by atoms with Gasteiger partial charge in [0, 0.05) is 0 Å². The predicted octanol–water partition coefficient (Wildman–Crippen LogP) is 6.91. The van der Waals surface area contributed by atoms with E-state index in [1.807, 2.05) is 0 Å². The Hall–Kier alpha value is -1.17. The fourth-order valence-corrected chi connectivity index (χ4v) is 4.41. The molecule has 2 heterocycles. The Morgan fingerprint density at radius 2 is 1.45 bits per heavy atom. The summed E-state index contributed by atoms with van der Waals surface area (Å²) in [7, 11) is 0. The topological polar surface area (TPSA) is 65.0 Å². The van der Waals surface area contributed by atoms with Crippen LogP contribution in [-0.2, 0) is 19.3 Å². The van der Waals surface area contributed by atoms with E-state index < -0.39 is 5.97 Å². The quantitative estimate of drug-likeness (QED) is 0.162. The summed E-state index contributed by atoms with van der Waals surface area (Å²) in [6, 6.07) is 0. The van der Waals surface area contributed by atoms with Gasteiger partial charge in [-0.25, -0.2) is 9.78 Å². The molecule has 2 fully saturated rings. The maximum Gasteiger partial charge on any atom is 0.306 e. The van der Waals surface area contributed by atoms with E-state index in [4.69, 9.17) is 19.6 Å². The molecule has 0 spiro atoms. The van der Waals surface area contributed by atoms with Crippen LogP contribution in [0.15, 0.2) is 24.3 Å². The van der Waals surface area contributed by atoms with E-state index in [9.17, 15) is 4.79 Å². The highest BCUT2D eigenvalue weighted by molar-refractivity contribution is 5.67. The summed E-state index contributed by atoms with van der Waals surface area (Å²) in [6.07, 6.45) is 26.6. The number of carboxylic acids is 1. The molecule has 0 amide bonds. The third kappa shape index (κ3) is 11.9. The highest BCUT2D eigenvalue weighted by Crippen LogP contribution is 2.31. The molecule has 5 nitrogen and oxygen atoms in total. The number of aliphatic carboxylic acids is 1. The molecule has 1 N–H and O–H groups in total. The van der Waals surface area contributed by atoms with Crippen molar-refractivity contribution in [2.24, 2.45) is 0 Å². The minimum atomic E-state index is -0.841. The highest BCUT2D eigenvalue weighted by atomic mass is 17.2. The molecule has 2 saturated heterocycles. The van der Waals surface area contributed by atoms with Gasteiger partial charge >= 0.3 is 5.97 Å². The van der Waals surface area contributed by atoms with Crippen LogP contribution in [0.2, 0.25) is 0 Å². The fraction of sp³-hybridized carbons (Fsp3) is 0.808. The number of ether oxygens (including phenoxy) is 1. The van der Waals surface area contributed by atoms with Gasteiger partial charge in [-0.3, -0.25) is 4.79 Å². The maximum absolute atomic E-state index is 10.8. The standard InChI is InChI=1S/C26H44O5/c1-2-3-4-5-6-7-8-9-10-11-12-13-14-15-16-22-17-19-24(29-22)25-20-18-23(30-31-25)21-26(27)28/h5-8,22-25H,2-4,9-21H2,1H3,(H,27,28)/b6-5+,8-7+/t22-,23+,24+,25+/m1/s1. The van der Waals surface area contributed by atoms with Gasteiger partial charge in [-0.2, -0.15) is 0 Å². The van der Waals surface area contributed by atoms with E-state index in [1.165, 1.54) is 64.2 Å². The van der Waals surface area contributed by atoms with Crippen molar-refractivity contribution >= 4 is 5.97 Å². The molecule has 0 bridgehead atoms. The van der Waals surface area contributed by atoms with Gasteiger partial charge in [0.05, 0.1) is 18.6 Å². The second kappa shape index (κ2) is 16.5. The number of carboxylic acid groups (broad SMARTS) is 1. The summed E-state index contributed by atoms with van der Waals surface area (Å²) < 4.78 is 6.20. The molecule has 0 aromatic carbocycles. The third-order valence-electron chi connectivity index (χ3n) is 6.30. The monoisotopic (exact) mass is 436 g/mol. The molecule has 2 aliphatic heterocycles. The lowest BCUT2D eigenvalue weighted by Gasteiger charge is -2.30. The summed E-state index contributed by atoms with van der Waals surface area (Å²) in [5.74, 6) is -0.841. The van der Waals surface area contributed by atoms with Crippen molar-refractivity contribution in [1.82, 2.24) is 0 Å². The average molecular weight is 437 g/mol. The van der Waals surface area contributed by atoms with Gasteiger partial charge in [-0.05, 0) is 51.4 Å². The first-order chi connectivity index (χ1) is 15.2. The van der Waals surface area contributed by atoms with Gasteiger partial charge in [-0.1, -0.05) is 76.2 Å². The minimum absolute atomic E-state index is 0.00797. The largest absolute Gasteiger partial charge is 0.481 e. The van der Waals surface area contributed by atoms with Crippen molar-refractivity contribution in [2.45, 2.75) is 134 Å². The fourth-order valence-electron chi connectivity index (χ4n) is 4.41. The molecular weight excluding hydrogens is 392 g/mol. The minimum Gasteiger partial charge on any atom is -0.481 e. The van der Waals surface area contributed by atoms with Gasteiger partial charge in [-0.15, -0.1) is 0 Å². The second-order valence-electron chi connectivity index (χ2n) is 9.10. The van der Waals surface area contributed by atoms with Crippen LogP contribution in [0.3, 0.4) is 0 Å². The van der Waals surface area contributed by atoms with E-state index in [-0.39, 0.29) is 24.7 Å². The first-order valence-corrected chi connectivity index (χ1v) is 12.7. The summed E-state index contributed by atoms with van der Waals surface area (Å²) in [6.45, 7) is 2.23. The zero-order valence-corrected chi connectivity index (χ0v) is 19.5. The zero-order chi connectivity index (χ0) is 22.2. The van der Waals surface area contributed by atoms with Gasteiger partial charge < -0.3 is 9.84 Å². The van der Waals surface area contributed by atoms with Crippen LogP contribution in [-0.4, -0.2) is 35.5 Å². The number of carbonyl (C=O) groups is 1. The molecule has 0 radical (unpaired) electrons. The summed E-state index contributed by atoms with van der Waals surface area (Å²) in [4.78, 5) is 21.5. The SMILES string of the molecule is CCCC/C=C/C=C/CCCCCCCC[C@@H]1CC[C@@H]([C@@H]2CC[C@@H](CC(=O)O)OO2)O1. The number of hydrogen-bond acceptors (Lipinski definition) is 4. The molecular formula is C26H44O5. The van der Waals surface area contributed by atoms with Crippen molar-refractivity contribution in [2.75, 3.05) is 0 Å². The molecule has 0 aliphatic carbocycles. The number of hydrogen-bond donors (Lipinski definition) is 1. The van der Waals surface area contributed by atoms with Crippen LogP contribution >= 0.6 is 0 Å². The second-order valence-corrected chi connectivity index (χ2v) is 9.10. The molecule has 2 rings (SSSR count). The van der Waals surface area contributed by atoms with E-state index in [2.05, 4.69) is 31.2 Å². The Morgan fingerprint density at radius 1 is 0.806 bits per heavy atom. The van der Waals surface area contributed by atoms with Crippen LogP contribution in [0, 0.1) is 0 Å². The highest BCUT2D eigenvalue weighted by Gasteiger charge is 2.36. The smallest absolute Gasteiger partial charge is 0.306 e.